The molecule has 204 valence electrons. The number of halogens is 1. The predicted octanol–water partition coefficient (Wildman–Crippen LogP) is 5.73. The molecule has 0 fully saturated rings. The van der Waals surface area contributed by atoms with E-state index in [1.807, 2.05) is 26.0 Å². The Bertz CT molecular complexity index is 1310. The van der Waals surface area contributed by atoms with Crippen LogP contribution in [0.4, 0.5) is 10.1 Å². The van der Waals surface area contributed by atoms with Gasteiger partial charge in [-0.3, -0.25) is 9.59 Å². The van der Waals surface area contributed by atoms with Gasteiger partial charge in [-0.2, -0.15) is 0 Å². The third kappa shape index (κ3) is 7.66. The first-order valence-corrected chi connectivity index (χ1v) is 13.9. The number of aromatic nitrogens is 2. The number of nitrogens with zero attached hydrogens (tertiary/aromatic N) is 3. The number of carbonyl (C=O) groups excluding carboxylic acids is 2. The highest BCUT2D eigenvalue weighted by molar-refractivity contribution is 7.99. The van der Waals surface area contributed by atoms with Gasteiger partial charge in [-0.1, -0.05) is 42.1 Å². The van der Waals surface area contributed by atoms with E-state index >= 15 is 0 Å². The summed E-state index contributed by atoms with van der Waals surface area (Å²) in [7, 11) is 1.58. The van der Waals surface area contributed by atoms with Crippen molar-refractivity contribution in [3.05, 3.63) is 89.5 Å². The molecule has 1 heterocycles. The number of hydrogen-bond donors (Lipinski definition) is 1. The Kier molecular flexibility index (Phi) is 9.70. The topological polar surface area (TPSA) is 84.4 Å². The van der Waals surface area contributed by atoms with E-state index in [0.29, 0.717) is 28.6 Å². The lowest BCUT2D eigenvalue weighted by Crippen LogP contribution is -2.52. The fraction of sp³-hybridized carbons (Fsp3) is 0.333. The first-order chi connectivity index (χ1) is 18.8. The van der Waals surface area contributed by atoms with Crippen LogP contribution in [0.3, 0.4) is 0 Å². The molecule has 0 saturated heterocycles. The fourth-order valence-electron chi connectivity index (χ4n) is 4.72. The van der Waals surface area contributed by atoms with E-state index in [9.17, 15) is 14.0 Å². The van der Waals surface area contributed by atoms with E-state index in [2.05, 4.69) is 21.4 Å². The minimum Gasteiger partial charge on any atom is -0.497 e. The summed E-state index contributed by atoms with van der Waals surface area (Å²) in [5.41, 5.74) is 2.57. The molecule has 1 aliphatic carbocycles. The number of allylic oxidation sites excluding steroid dienone is 2. The van der Waals surface area contributed by atoms with Crippen LogP contribution in [0.1, 0.15) is 36.2 Å². The normalized spacial score (nSPS) is 15.4. The lowest BCUT2D eigenvalue weighted by Gasteiger charge is -2.37. The number of anilines is 1. The first kappa shape index (κ1) is 28.3. The summed E-state index contributed by atoms with van der Waals surface area (Å²) >= 11 is 1.22. The van der Waals surface area contributed by atoms with Gasteiger partial charge in [0.2, 0.25) is 11.8 Å². The highest BCUT2D eigenvalue weighted by atomic mass is 32.2. The lowest BCUT2D eigenvalue weighted by atomic mass is 9.86. The number of amides is 2. The molecule has 39 heavy (non-hydrogen) atoms. The molecule has 7 nitrogen and oxygen atoms in total. The third-order valence-electron chi connectivity index (χ3n) is 6.62. The van der Waals surface area contributed by atoms with E-state index in [1.54, 1.807) is 49.6 Å². The Balaban J connectivity index is 1.65. The van der Waals surface area contributed by atoms with E-state index in [0.717, 1.165) is 24.2 Å². The smallest absolute Gasteiger partial charge is 0.247 e. The van der Waals surface area contributed by atoms with Crippen molar-refractivity contribution in [1.82, 2.24) is 14.9 Å². The van der Waals surface area contributed by atoms with E-state index in [1.165, 1.54) is 22.7 Å². The Labute approximate surface area is 232 Å². The van der Waals surface area contributed by atoms with Gasteiger partial charge in [0.05, 0.1) is 12.9 Å². The number of nitrogens with one attached hydrogen (secondary N) is 1. The predicted molar refractivity (Wildman–Crippen MR) is 151 cm³/mol. The fourth-order valence-corrected chi connectivity index (χ4v) is 5.56. The zero-order valence-electron chi connectivity index (χ0n) is 22.4. The second-order valence-corrected chi connectivity index (χ2v) is 10.5. The first-order valence-electron chi connectivity index (χ1n) is 12.9. The highest BCUT2D eigenvalue weighted by Gasteiger charge is 2.37. The molecule has 0 saturated carbocycles. The van der Waals surface area contributed by atoms with Crippen molar-refractivity contribution in [3.63, 3.8) is 0 Å². The summed E-state index contributed by atoms with van der Waals surface area (Å²) in [6.45, 7) is 3.73. The molecular formula is C30H33FN4O3S. The van der Waals surface area contributed by atoms with Crippen molar-refractivity contribution < 1.29 is 18.7 Å². The summed E-state index contributed by atoms with van der Waals surface area (Å²) in [5.74, 6) is -0.436. The Hall–Kier alpha value is -3.72. The number of hydrogen-bond acceptors (Lipinski definition) is 6. The average molecular weight is 549 g/mol. The molecule has 0 bridgehead atoms. The van der Waals surface area contributed by atoms with Crippen LogP contribution in [0, 0.1) is 25.6 Å². The molecule has 2 atom stereocenters. The van der Waals surface area contributed by atoms with Crippen LogP contribution in [-0.2, 0) is 16.1 Å². The van der Waals surface area contributed by atoms with Gasteiger partial charge in [0.15, 0.2) is 5.16 Å². The van der Waals surface area contributed by atoms with Crippen LogP contribution in [-0.4, -0.2) is 45.6 Å². The quantitative estimate of drug-likeness (QED) is 0.198. The highest BCUT2D eigenvalue weighted by Crippen LogP contribution is 2.29. The van der Waals surface area contributed by atoms with Crippen LogP contribution in [0.15, 0.2) is 71.9 Å². The molecule has 1 aliphatic rings. The van der Waals surface area contributed by atoms with Crippen molar-refractivity contribution in [3.8, 4) is 5.75 Å². The van der Waals surface area contributed by atoms with Crippen LogP contribution >= 0.6 is 11.8 Å². The van der Waals surface area contributed by atoms with E-state index in [-0.39, 0.29) is 30.0 Å². The maximum Gasteiger partial charge on any atom is 0.247 e. The summed E-state index contributed by atoms with van der Waals surface area (Å²) < 4.78 is 20.0. The number of ether oxygens (including phenoxy) is 1. The number of methoxy groups -OCH3 is 1. The van der Waals surface area contributed by atoms with E-state index in [4.69, 9.17) is 4.74 Å². The maximum absolute atomic E-state index is 14.8. The number of thioether (sulfide) groups is 1. The Morgan fingerprint density at radius 2 is 1.82 bits per heavy atom. The number of rotatable bonds is 10. The average Bonchev–Trinajstić information content (AvgIpc) is 2.93. The van der Waals surface area contributed by atoms with Gasteiger partial charge in [-0.15, -0.1) is 0 Å². The third-order valence-corrected chi connectivity index (χ3v) is 7.46. The molecule has 1 aromatic heterocycles. The van der Waals surface area contributed by atoms with Gasteiger partial charge in [-0.05, 0) is 75.4 Å². The maximum atomic E-state index is 14.8. The van der Waals surface area contributed by atoms with Crippen molar-refractivity contribution >= 4 is 29.3 Å². The Morgan fingerprint density at radius 1 is 1.10 bits per heavy atom. The van der Waals surface area contributed by atoms with Gasteiger partial charge in [0.1, 0.15) is 17.6 Å². The zero-order valence-corrected chi connectivity index (χ0v) is 23.2. The van der Waals surface area contributed by atoms with Crippen LogP contribution < -0.4 is 10.1 Å². The van der Waals surface area contributed by atoms with Gasteiger partial charge in [0.25, 0.3) is 0 Å². The zero-order chi connectivity index (χ0) is 27.8. The second-order valence-electron chi connectivity index (χ2n) is 9.54. The van der Waals surface area contributed by atoms with Gasteiger partial charge >= 0.3 is 0 Å². The summed E-state index contributed by atoms with van der Waals surface area (Å²) in [5, 5.41) is 3.47. The van der Waals surface area contributed by atoms with E-state index < -0.39 is 11.9 Å². The second kappa shape index (κ2) is 13.4. The molecule has 1 N–H and O–H groups in total. The monoisotopic (exact) mass is 548 g/mol. The molecule has 2 aromatic carbocycles. The summed E-state index contributed by atoms with van der Waals surface area (Å²) in [4.78, 5) is 38.1. The van der Waals surface area contributed by atoms with Gasteiger partial charge < -0.3 is 15.0 Å². The summed E-state index contributed by atoms with van der Waals surface area (Å²) in [6.07, 6.45) is 6.33. The SMILES string of the molecule is COc1ccc(NC(=O)C(C2CC=CCC2)N(Cc2ccccc2F)C(=O)CSc2nc(C)cc(C)n2)cc1. The molecule has 2 unspecified atom stereocenters. The van der Waals surface area contributed by atoms with Crippen molar-refractivity contribution in [2.24, 2.45) is 5.92 Å². The molecule has 3 aromatic rings. The molecule has 0 spiro atoms. The molecule has 9 heteroatoms. The summed E-state index contributed by atoms with van der Waals surface area (Å²) in [6, 6.07) is 14.5. The van der Waals surface area contributed by atoms with Crippen LogP contribution in [0.5, 0.6) is 5.75 Å². The molecule has 2 amide bonds. The molecule has 0 radical (unpaired) electrons. The van der Waals surface area contributed by atoms with Gasteiger partial charge in [-0.25, -0.2) is 14.4 Å². The number of benzene rings is 2. The minimum absolute atomic E-state index is 0.0201. The van der Waals surface area contributed by atoms with Gasteiger partial charge in [0, 0.05) is 29.2 Å². The number of carbonyl (C=O) groups is 2. The van der Waals surface area contributed by atoms with Crippen molar-refractivity contribution in [2.45, 2.75) is 50.9 Å². The molecule has 4 rings (SSSR count). The van der Waals surface area contributed by atoms with Crippen molar-refractivity contribution in [2.75, 3.05) is 18.2 Å². The Morgan fingerprint density at radius 3 is 2.46 bits per heavy atom. The van der Waals surface area contributed by atoms with Crippen LogP contribution in [0.25, 0.3) is 0 Å². The molecular weight excluding hydrogens is 515 g/mol. The molecule has 0 aliphatic heterocycles. The lowest BCUT2D eigenvalue weighted by molar-refractivity contribution is -0.139. The van der Waals surface area contributed by atoms with Crippen LogP contribution in [0.2, 0.25) is 0 Å². The van der Waals surface area contributed by atoms with Crippen molar-refractivity contribution in [1.29, 1.82) is 0 Å². The number of aryl methyl sites for hydroxylation is 2. The minimum atomic E-state index is -0.801. The largest absolute Gasteiger partial charge is 0.497 e. The standard InChI is InChI=1S/C30H33FN4O3S/c1-20-17-21(2)33-30(32-20)39-19-27(36)35(18-23-11-7-8-12-26(23)31)28(22-9-5-4-6-10-22)29(37)34-24-13-15-25(38-3)16-14-24/h4-5,7-8,11-17,22,28H,6,9-10,18-19H2,1-3H3,(H,34,37).